The van der Waals surface area contributed by atoms with Gasteiger partial charge in [0.25, 0.3) is 5.91 Å². The molecular weight excluding hydrogens is 350 g/mol. The predicted molar refractivity (Wildman–Crippen MR) is 105 cm³/mol. The molecule has 3 N–H and O–H groups in total. The van der Waals surface area contributed by atoms with E-state index in [9.17, 15) is 9.59 Å². The van der Waals surface area contributed by atoms with Gasteiger partial charge in [0.2, 0.25) is 5.91 Å². The van der Waals surface area contributed by atoms with Gasteiger partial charge in [-0.05, 0) is 30.5 Å². The van der Waals surface area contributed by atoms with Crippen LogP contribution >= 0.6 is 12.4 Å². The van der Waals surface area contributed by atoms with Crippen molar-refractivity contribution in [3.8, 4) is 0 Å². The Kier molecular flexibility index (Phi) is 7.04. The Balaban J connectivity index is 0.00000243. The largest absolute Gasteiger partial charge is 0.398 e. The standard InChI is InChI=1S/C20H23N3O2.ClH/c21-18-9-5-4-8-17(18)20(25)22-16-12-13-23(14-16)19(24)11-10-15-6-2-1-3-7-15;/h1-9,16H,10-14,21H2,(H,22,25);1H. The molecule has 2 aromatic rings. The number of likely N-dealkylation sites (tertiary alicyclic amines) is 1. The molecule has 1 heterocycles. The fourth-order valence-corrected chi connectivity index (χ4v) is 3.13. The minimum absolute atomic E-state index is 0. The Morgan fingerprint density at radius 3 is 2.50 bits per heavy atom. The predicted octanol–water partition coefficient (Wildman–Crippen LogP) is 2.65. The third-order valence-corrected chi connectivity index (χ3v) is 4.55. The third kappa shape index (κ3) is 4.99. The van der Waals surface area contributed by atoms with Gasteiger partial charge < -0.3 is 16.0 Å². The van der Waals surface area contributed by atoms with Crippen LogP contribution in [0, 0.1) is 0 Å². The zero-order valence-corrected chi connectivity index (χ0v) is 15.4. The molecule has 1 aliphatic rings. The molecule has 5 nitrogen and oxygen atoms in total. The van der Waals surface area contributed by atoms with Crippen molar-refractivity contribution in [2.75, 3.05) is 18.8 Å². The van der Waals surface area contributed by atoms with E-state index in [2.05, 4.69) is 5.32 Å². The number of halogens is 1. The highest BCUT2D eigenvalue weighted by molar-refractivity contribution is 5.99. The summed E-state index contributed by atoms with van der Waals surface area (Å²) in [7, 11) is 0. The van der Waals surface area contributed by atoms with E-state index in [1.807, 2.05) is 35.2 Å². The van der Waals surface area contributed by atoms with Gasteiger partial charge in [0, 0.05) is 31.2 Å². The zero-order chi connectivity index (χ0) is 17.6. The number of nitrogen functional groups attached to an aromatic ring is 1. The monoisotopic (exact) mass is 373 g/mol. The van der Waals surface area contributed by atoms with Gasteiger partial charge in [-0.2, -0.15) is 0 Å². The van der Waals surface area contributed by atoms with Crippen LogP contribution in [0.5, 0.6) is 0 Å². The summed E-state index contributed by atoms with van der Waals surface area (Å²) in [5, 5.41) is 2.98. The van der Waals surface area contributed by atoms with Crippen molar-refractivity contribution in [2.45, 2.75) is 25.3 Å². The van der Waals surface area contributed by atoms with Gasteiger partial charge in [-0.3, -0.25) is 9.59 Å². The van der Waals surface area contributed by atoms with E-state index < -0.39 is 0 Å². The summed E-state index contributed by atoms with van der Waals surface area (Å²) in [5.74, 6) is -0.0403. The highest BCUT2D eigenvalue weighted by atomic mass is 35.5. The van der Waals surface area contributed by atoms with E-state index in [-0.39, 0.29) is 30.3 Å². The molecule has 26 heavy (non-hydrogen) atoms. The Morgan fingerprint density at radius 1 is 1.08 bits per heavy atom. The number of carbonyl (C=O) groups is 2. The van der Waals surface area contributed by atoms with Crippen molar-refractivity contribution in [3.05, 3.63) is 65.7 Å². The summed E-state index contributed by atoms with van der Waals surface area (Å²) >= 11 is 0. The second kappa shape index (κ2) is 9.25. The number of aryl methyl sites for hydroxylation is 1. The SMILES string of the molecule is Cl.Nc1ccccc1C(=O)NC1CCN(C(=O)CCc2ccccc2)C1. The van der Waals surface area contributed by atoms with Crippen LogP contribution < -0.4 is 11.1 Å². The smallest absolute Gasteiger partial charge is 0.253 e. The molecule has 0 aromatic heterocycles. The van der Waals surface area contributed by atoms with Crippen molar-refractivity contribution in [2.24, 2.45) is 0 Å². The van der Waals surface area contributed by atoms with Crippen LogP contribution in [0.25, 0.3) is 0 Å². The number of nitrogens with two attached hydrogens (primary N) is 1. The van der Waals surface area contributed by atoms with Crippen LogP contribution in [0.3, 0.4) is 0 Å². The molecule has 6 heteroatoms. The number of anilines is 1. The van der Waals surface area contributed by atoms with Gasteiger partial charge in [0.05, 0.1) is 5.56 Å². The lowest BCUT2D eigenvalue weighted by atomic mass is 10.1. The Labute approximate surface area is 160 Å². The van der Waals surface area contributed by atoms with E-state index in [0.29, 0.717) is 30.8 Å². The summed E-state index contributed by atoms with van der Waals surface area (Å²) in [6.07, 6.45) is 2.01. The van der Waals surface area contributed by atoms with Crippen LogP contribution in [0.2, 0.25) is 0 Å². The maximum Gasteiger partial charge on any atom is 0.253 e. The van der Waals surface area contributed by atoms with E-state index in [4.69, 9.17) is 5.73 Å². The van der Waals surface area contributed by atoms with Crippen molar-refractivity contribution >= 4 is 29.9 Å². The fraction of sp³-hybridized carbons (Fsp3) is 0.300. The number of nitrogens with zero attached hydrogens (tertiary/aromatic N) is 1. The lowest BCUT2D eigenvalue weighted by Gasteiger charge is -2.17. The fourth-order valence-electron chi connectivity index (χ4n) is 3.13. The molecule has 0 radical (unpaired) electrons. The molecule has 0 saturated carbocycles. The van der Waals surface area contributed by atoms with Crippen LogP contribution in [-0.4, -0.2) is 35.8 Å². The van der Waals surface area contributed by atoms with Crippen molar-refractivity contribution in [1.29, 1.82) is 0 Å². The van der Waals surface area contributed by atoms with Gasteiger partial charge in [0.1, 0.15) is 0 Å². The summed E-state index contributed by atoms with van der Waals surface area (Å²) in [6, 6.07) is 17.0. The summed E-state index contributed by atoms with van der Waals surface area (Å²) in [5.41, 5.74) is 7.96. The molecule has 138 valence electrons. The number of hydrogen-bond donors (Lipinski definition) is 2. The molecule has 1 fully saturated rings. The lowest BCUT2D eigenvalue weighted by Crippen LogP contribution is -2.38. The first kappa shape index (κ1) is 19.8. The third-order valence-electron chi connectivity index (χ3n) is 4.55. The van der Waals surface area contributed by atoms with Crippen LogP contribution in [0.1, 0.15) is 28.8 Å². The first-order valence-corrected chi connectivity index (χ1v) is 8.60. The van der Waals surface area contributed by atoms with Gasteiger partial charge in [-0.1, -0.05) is 42.5 Å². The number of hydrogen-bond acceptors (Lipinski definition) is 3. The number of rotatable bonds is 5. The number of benzene rings is 2. The molecule has 1 unspecified atom stereocenters. The zero-order valence-electron chi connectivity index (χ0n) is 14.6. The number of para-hydroxylation sites is 1. The van der Waals surface area contributed by atoms with E-state index in [0.717, 1.165) is 12.8 Å². The first-order chi connectivity index (χ1) is 12.1. The van der Waals surface area contributed by atoms with Crippen molar-refractivity contribution in [3.63, 3.8) is 0 Å². The van der Waals surface area contributed by atoms with Crippen molar-refractivity contribution in [1.82, 2.24) is 10.2 Å². The number of nitrogens with one attached hydrogen (secondary N) is 1. The molecule has 0 bridgehead atoms. The van der Waals surface area contributed by atoms with Crippen LogP contribution in [-0.2, 0) is 11.2 Å². The average Bonchev–Trinajstić information content (AvgIpc) is 3.09. The average molecular weight is 374 g/mol. The topological polar surface area (TPSA) is 75.4 Å². The minimum Gasteiger partial charge on any atom is -0.398 e. The maximum absolute atomic E-state index is 12.4. The van der Waals surface area contributed by atoms with Crippen molar-refractivity contribution < 1.29 is 9.59 Å². The minimum atomic E-state index is -0.179. The quantitative estimate of drug-likeness (QED) is 0.791. The lowest BCUT2D eigenvalue weighted by molar-refractivity contribution is -0.130. The molecule has 1 aliphatic heterocycles. The molecule has 2 amide bonds. The number of amides is 2. The van der Waals surface area contributed by atoms with E-state index in [1.54, 1.807) is 24.3 Å². The molecule has 3 rings (SSSR count). The van der Waals surface area contributed by atoms with Gasteiger partial charge in [-0.25, -0.2) is 0 Å². The van der Waals surface area contributed by atoms with E-state index >= 15 is 0 Å². The molecule has 0 aliphatic carbocycles. The van der Waals surface area contributed by atoms with Gasteiger partial charge in [0.15, 0.2) is 0 Å². The first-order valence-electron chi connectivity index (χ1n) is 8.60. The maximum atomic E-state index is 12.4. The highest BCUT2D eigenvalue weighted by Crippen LogP contribution is 2.15. The molecule has 0 spiro atoms. The number of carbonyl (C=O) groups excluding carboxylic acids is 2. The molecule has 1 atom stereocenters. The Bertz CT molecular complexity index is 752. The Morgan fingerprint density at radius 2 is 1.77 bits per heavy atom. The summed E-state index contributed by atoms with van der Waals surface area (Å²) < 4.78 is 0. The second-order valence-corrected chi connectivity index (χ2v) is 6.37. The second-order valence-electron chi connectivity index (χ2n) is 6.37. The van der Waals surface area contributed by atoms with Crippen LogP contribution in [0.15, 0.2) is 54.6 Å². The van der Waals surface area contributed by atoms with Crippen LogP contribution in [0.4, 0.5) is 5.69 Å². The summed E-state index contributed by atoms with van der Waals surface area (Å²) in [6.45, 7) is 1.24. The molecular formula is C20H24ClN3O2. The Hall–Kier alpha value is -2.53. The highest BCUT2D eigenvalue weighted by Gasteiger charge is 2.27. The molecule has 2 aromatic carbocycles. The normalized spacial score (nSPS) is 16.0. The van der Waals surface area contributed by atoms with Gasteiger partial charge >= 0.3 is 0 Å². The summed E-state index contributed by atoms with van der Waals surface area (Å²) in [4.78, 5) is 26.5. The van der Waals surface area contributed by atoms with E-state index in [1.165, 1.54) is 5.56 Å². The molecule has 1 saturated heterocycles. The van der Waals surface area contributed by atoms with Gasteiger partial charge in [-0.15, -0.1) is 12.4 Å².